The number of likely N-dealkylation sites (tertiary alicyclic amines) is 1. The molecule has 1 aliphatic rings. The van der Waals surface area contributed by atoms with Crippen molar-refractivity contribution in [3.63, 3.8) is 0 Å². The molecule has 0 spiro atoms. The highest BCUT2D eigenvalue weighted by molar-refractivity contribution is 5.96. The van der Waals surface area contributed by atoms with Crippen LogP contribution in [0.4, 0.5) is 13.2 Å². The fraction of sp³-hybridized carbons (Fsp3) is 0.344. The highest BCUT2D eigenvalue weighted by Crippen LogP contribution is 2.33. The first-order valence-electron chi connectivity index (χ1n) is 13.8. The highest BCUT2D eigenvalue weighted by Gasteiger charge is 2.30. The summed E-state index contributed by atoms with van der Waals surface area (Å²) >= 11 is 0. The second-order valence-corrected chi connectivity index (χ2v) is 10.5. The van der Waals surface area contributed by atoms with E-state index in [9.17, 15) is 23.1 Å². The summed E-state index contributed by atoms with van der Waals surface area (Å²) < 4.78 is 38.6. The first-order valence-corrected chi connectivity index (χ1v) is 13.8. The standard InChI is InChI=1S/C32H34F3N3O2/c33-32(34,35)26-10-7-22(8-11-26)24-9-12-27(25(19-24)21-39)31(40)36-15-3-4-16-38-17-13-23(14-18-38)29-20-37-30-6-2-1-5-28(29)30/h1-2,5-12,19-20,23,37,39H,3-4,13-18,21H2,(H,36,40). The summed E-state index contributed by atoms with van der Waals surface area (Å²) in [6.45, 7) is 3.34. The lowest BCUT2D eigenvalue weighted by atomic mass is 9.89. The van der Waals surface area contributed by atoms with Crippen molar-refractivity contribution in [2.45, 2.75) is 44.4 Å². The number of aromatic nitrogens is 1. The molecule has 0 unspecified atom stereocenters. The van der Waals surface area contributed by atoms with Crippen molar-refractivity contribution >= 4 is 16.8 Å². The van der Waals surface area contributed by atoms with E-state index in [1.54, 1.807) is 18.2 Å². The van der Waals surface area contributed by atoms with Crippen LogP contribution < -0.4 is 5.32 Å². The minimum atomic E-state index is -4.40. The Bertz CT molecular complexity index is 1440. The molecule has 0 radical (unpaired) electrons. The van der Waals surface area contributed by atoms with Gasteiger partial charge in [0.25, 0.3) is 5.91 Å². The van der Waals surface area contributed by atoms with E-state index in [-0.39, 0.29) is 12.5 Å². The molecule has 4 aromatic rings. The number of alkyl halides is 3. The summed E-state index contributed by atoms with van der Waals surface area (Å²) in [6.07, 6.45) is 1.89. The molecule has 2 heterocycles. The Hall–Kier alpha value is -3.62. The predicted molar refractivity (Wildman–Crippen MR) is 151 cm³/mol. The van der Waals surface area contributed by atoms with Gasteiger partial charge in [-0.05, 0) is 104 Å². The molecule has 0 saturated carbocycles. The maximum absolute atomic E-state index is 12.9. The molecule has 5 nitrogen and oxygen atoms in total. The van der Waals surface area contributed by atoms with Gasteiger partial charge in [0, 0.05) is 29.2 Å². The number of nitrogens with one attached hydrogen (secondary N) is 2. The van der Waals surface area contributed by atoms with Gasteiger partial charge in [-0.3, -0.25) is 4.79 Å². The molecule has 1 saturated heterocycles. The zero-order valence-corrected chi connectivity index (χ0v) is 22.3. The van der Waals surface area contributed by atoms with Crippen molar-refractivity contribution in [2.75, 3.05) is 26.2 Å². The van der Waals surface area contributed by atoms with Crippen molar-refractivity contribution in [2.24, 2.45) is 0 Å². The molecule has 5 rings (SSSR count). The van der Waals surface area contributed by atoms with Gasteiger partial charge < -0.3 is 20.3 Å². The highest BCUT2D eigenvalue weighted by atomic mass is 19.4. The number of piperidine rings is 1. The lowest BCUT2D eigenvalue weighted by molar-refractivity contribution is -0.137. The lowest BCUT2D eigenvalue weighted by Crippen LogP contribution is -2.34. The Morgan fingerprint density at radius 1 is 0.975 bits per heavy atom. The minimum absolute atomic E-state index is 0.262. The third-order valence-corrected chi connectivity index (χ3v) is 7.90. The van der Waals surface area contributed by atoms with Crippen LogP contribution in [0.15, 0.2) is 72.9 Å². The second-order valence-electron chi connectivity index (χ2n) is 10.5. The fourth-order valence-corrected chi connectivity index (χ4v) is 5.63. The van der Waals surface area contributed by atoms with Crippen LogP contribution >= 0.6 is 0 Å². The number of halogens is 3. The van der Waals surface area contributed by atoms with Gasteiger partial charge in [0.15, 0.2) is 0 Å². The summed E-state index contributed by atoms with van der Waals surface area (Å²) in [5.74, 6) is 0.320. The number of aromatic amines is 1. The number of rotatable bonds is 9. The van der Waals surface area contributed by atoms with E-state index in [1.165, 1.54) is 28.6 Å². The number of nitrogens with zero attached hydrogens (tertiary/aromatic N) is 1. The van der Waals surface area contributed by atoms with E-state index in [0.29, 0.717) is 34.7 Å². The van der Waals surface area contributed by atoms with Crippen LogP contribution in [0.25, 0.3) is 22.0 Å². The van der Waals surface area contributed by atoms with E-state index in [0.717, 1.165) is 57.5 Å². The molecule has 40 heavy (non-hydrogen) atoms. The normalized spacial score (nSPS) is 15.0. The number of carbonyl (C=O) groups excluding carboxylic acids is 1. The van der Waals surface area contributed by atoms with Gasteiger partial charge in [-0.2, -0.15) is 13.2 Å². The van der Waals surface area contributed by atoms with E-state index in [4.69, 9.17) is 0 Å². The molecule has 3 aromatic carbocycles. The third kappa shape index (κ3) is 6.40. The summed E-state index contributed by atoms with van der Waals surface area (Å²) in [5.41, 5.74) is 3.94. The molecule has 1 aromatic heterocycles. The number of hydrogen-bond acceptors (Lipinski definition) is 3. The summed E-state index contributed by atoms with van der Waals surface area (Å²) in [7, 11) is 0. The molecule has 210 valence electrons. The van der Waals surface area contributed by atoms with E-state index >= 15 is 0 Å². The zero-order valence-electron chi connectivity index (χ0n) is 22.3. The Morgan fingerprint density at radius 3 is 2.42 bits per heavy atom. The van der Waals surface area contributed by atoms with Crippen LogP contribution in [0.3, 0.4) is 0 Å². The van der Waals surface area contributed by atoms with Crippen LogP contribution in [0, 0.1) is 0 Å². The first-order chi connectivity index (χ1) is 19.3. The second kappa shape index (κ2) is 12.3. The maximum atomic E-state index is 12.9. The van der Waals surface area contributed by atoms with Gasteiger partial charge in [-0.15, -0.1) is 0 Å². The fourth-order valence-electron chi connectivity index (χ4n) is 5.63. The Balaban J connectivity index is 1.06. The number of aliphatic hydroxyl groups excluding tert-OH is 1. The Kier molecular flexibility index (Phi) is 8.57. The van der Waals surface area contributed by atoms with Crippen molar-refractivity contribution in [3.05, 3.63) is 95.2 Å². The van der Waals surface area contributed by atoms with Crippen molar-refractivity contribution in [1.29, 1.82) is 0 Å². The number of unbranched alkanes of at least 4 members (excludes halogenated alkanes) is 1. The Morgan fingerprint density at radius 2 is 1.70 bits per heavy atom. The number of H-pyrrole nitrogens is 1. The van der Waals surface area contributed by atoms with E-state index < -0.39 is 11.7 Å². The molecular weight excluding hydrogens is 515 g/mol. The van der Waals surface area contributed by atoms with Gasteiger partial charge in [0.05, 0.1) is 12.2 Å². The third-order valence-electron chi connectivity index (χ3n) is 7.90. The number of fused-ring (bicyclic) bond motifs is 1. The molecule has 0 aliphatic carbocycles. The smallest absolute Gasteiger partial charge is 0.392 e. The molecule has 1 aliphatic heterocycles. The molecular formula is C32H34F3N3O2. The van der Waals surface area contributed by atoms with Crippen LogP contribution in [0.5, 0.6) is 0 Å². The van der Waals surface area contributed by atoms with Gasteiger partial charge >= 0.3 is 6.18 Å². The Labute approximate surface area is 232 Å². The van der Waals surface area contributed by atoms with Gasteiger partial charge in [0.1, 0.15) is 0 Å². The number of para-hydroxylation sites is 1. The summed E-state index contributed by atoms with van der Waals surface area (Å²) in [4.78, 5) is 18.7. The number of benzene rings is 3. The average Bonchev–Trinajstić information content (AvgIpc) is 3.41. The number of amides is 1. The van der Waals surface area contributed by atoms with E-state index in [2.05, 4.69) is 45.7 Å². The van der Waals surface area contributed by atoms with Crippen molar-refractivity contribution in [3.8, 4) is 11.1 Å². The van der Waals surface area contributed by atoms with Gasteiger partial charge in [-0.25, -0.2) is 0 Å². The molecule has 0 bridgehead atoms. The number of aliphatic hydroxyl groups is 1. The van der Waals surface area contributed by atoms with Gasteiger partial charge in [-0.1, -0.05) is 36.4 Å². The minimum Gasteiger partial charge on any atom is -0.392 e. The van der Waals surface area contributed by atoms with E-state index in [1.807, 2.05) is 0 Å². The quantitative estimate of drug-likeness (QED) is 0.203. The number of hydrogen-bond donors (Lipinski definition) is 3. The molecule has 8 heteroatoms. The number of carbonyl (C=O) groups is 1. The average molecular weight is 550 g/mol. The SMILES string of the molecule is O=C(NCCCCN1CCC(c2c[nH]c3ccccc23)CC1)c1ccc(-c2ccc(C(F)(F)F)cc2)cc1CO. The molecule has 3 N–H and O–H groups in total. The van der Waals surface area contributed by atoms with Crippen LogP contribution in [-0.4, -0.2) is 47.1 Å². The summed E-state index contributed by atoms with van der Waals surface area (Å²) in [6, 6.07) is 18.3. The van der Waals surface area contributed by atoms with Crippen LogP contribution in [-0.2, 0) is 12.8 Å². The monoisotopic (exact) mass is 549 g/mol. The lowest BCUT2D eigenvalue weighted by Gasteiger charge is -2.32. The first kappa shape index (κ1) is 27.9. The molecule has 1 fully saturated rings. The maximum Gasteiger partial charge on any atom is 0.416 e. The van der Waals surface area contributed by atoms with Gasteiger partial charge in [0.2, 0.25) is 0 Å². The van der Waals surface area contributed by atoms with Crippen molar-refractivity contribution in [1.82, 2.24) is 15.2 Å². The molecule has 0 atom stereocenters. The summed E-state index contributed by atoms with van der Waals surface area (Å²) in [5, 5.41) is 14.1. The molecule has 1 amide bonds. The largest absolute Gasteiger partial charge is 0.416 e. The predicted octanol–water partition coefficient (Wildman–Crippen LogP) is 6.74. The van der Waals surface area contributed by atoms with Crippen LogP contribution in [0.2, 0.25) is 0 Å². The topological polar surface area (TPSA) is 68.4 Å². The van der Waals surface area contributed by atoms with Crippen molar-refractivity contribution < 1.29 is 23.1 Å². The zero-order chi connectivity index (χ0) is 28.1. The van der Waals surface area contributed by atoms with Crippen LogP contribution in [0.1, 0.15) is 58.6 Å².